The van der Waals surface area contributed by atoms with Gasteiger partial charge in [0.2, 0.25) is 0 Å². The van der Waals surface area contributed by atoms with Gasteiger partial charge in [0.05, 0.1) is 11.3 Å². The molecule has 28 heavy (non-hydrogen) atoms. The minimum atomic E-state index is -1.06. The molecule has 0 saturated carbocycles. The van der Waals surface area contributed by atoms with E-state index in [1.54, 1.807) is 47.8 Å². The van der Waals surface area contributed by atoms with Gasteiger partial charge in [-0.15, -0.1) is 11.3 Å². The first-order chi connectivity index (χ1) is 13.5. The zero-order valence-corrected chi connectivity index (χ0v) is 16.3. The van der Waals surface area contributed by atoms with Gasteiger partial charge < -0.3 is 10.1 Å². The van der Waals surface area contributed by atoms with Crippen molar-refractivity contribution in [1.29, 1.82) is 5.26 Å². The molecule has 2 aromatic carbocycles. The lowest BCUT2D eigenvalue weighted by Gasteiger charge is -2.13. The number of nitrogens with one attached hydrogen (secondary N) is 1. The SMILES string of the molecule is CC(OC(=O)c1csc(-c2cccc(Cl)c2)n1)C(=O)Nc1ccccc1C#N. The minimum Gasteiger partial charge on any atom is -0.448 e. The molecule has 8 heteroatoms. The maximum absolute atomic E-state index is 12.3. The number of thiazole rings is 1. The zero-order chi connectivity index (χ0) is 20.1. The molecular formula is C20H14ClN3O3S. The number of rotatable bonds is 5. The summed E-state index contributed by atoms with van der Waals surface area (Å²) in [6.07, 6.45) is -1.06. The van der Waals surface area contributed by atoms with E-state index in [9.17, 15) is 9.59 Å². The topological polar surface area (TPSA) is 92.1 Å². The van der Waals surface area contributed by atoms with Gasteiger partial charge in [0.1, 0.15) is 11.1 Å². The summed E-state index contributed by atoms with van der Waals surface area (Å²) in [6, 6.07) is 15.7. The van der Waals surface area contributed by atoms with E-state index in [0.717, 1.165) is 5.56 Å². The Morgan fingerprint density at radius 1 is 1.25 bits per heavy atom. The highest BCUT2D eigenvalue weighted by atomic mass is 35.5. The smallest absolute Gasteiger partial charge is 0.358 e. The maximum Gasteiger partial charge on any atom is 0.358 e. The van der Waals surface area contributed by atoms with E-state index in [0.29, 0.717) is 21.3 Å². The van der Waals surface area contributed by atoms with E-state index in [2.05, 4.69) is 10.3 Å². The number of hydrogen-bond acceptors (Lipinski definition) is 6. The van der Waals surface area contributed by atoms with Crippen molar-refractivity contribution in [2.24, 2.45) is 0 Å². The summed E-state index contributed by atoms with van der Waals surface area (Å²) in [7, 11) is 0. The van der Waals surface area contributed by atoms with Crippen LogP contribution in [0.1, 0.15) is 23.0 Å². The van der Waals surface area contributed by atoms with Gasteiger partial charge in [0.15, 0.2) is 11.8 Å². The lowest BCUT2D eigenvalue weighted by Crippen LogP contribution is -2.30. The van der Waals surface area contributed by atoms with E-state index in [1.807, 2.05) is 12.1 Å². The van der Waals surface area contributed by atoms with Crippen molar-refractivity contribution < 1.29 is 14.3 Å². The first-order valence-electron chi connectivity index (χ1n) is 8.20. The van der Waals surface area contributed by atoms with Crippen LogP contribution in [0.4, 0.5) is 5.69 Å². The van der Waals surface area contributed by atoms with E-state index >= 15 is 0 Å². The number of halogens is 1. The quantitative estimate of drug-likeness (QED) is 0.623. The molecular weight excluding hydrogens is 398 g/mol. The van der Waals surface area contributed by atoms with Gasteiger partial charge in [0.25, 0.3) is 5.91 Å². The second kappa shape index (κ2) is 8.65. The number of amides is 1. The summed E-state index contributed by atoms with van der Waals surface area (Å²) >= 11 is 7.25. The van der Waals surface area contributed by atoms with Crippen LogP contribution in [-0.2, 0) is 9.53 Å². The molecule has 0 fully saturated rings. The van der Waals surface area contributed by atoms with Gasteiger partial charge in [-0.3, -0.25) is 4.79 Å². The molecule has 0 saturated heterocycles. The number of anilines is 1. The fourth-order valence-corrected chi connectivity index (χ4v) is 3.30. The number of nitrogens with zero attached hydrogens (tertiary/aromatic N) is 2. The highest BCUT2D eigenvalue weighted by Crippen LogP contribution is 2.26. The molecule has 0 bridgehead atoms. The number of esters is 1. The summed E-state index contributed by atoms with van der Waals surface area (Å²) < 4.78 is 5.20. The van der Waals surface area contributed by atoms with E-state index in [-0.39, 0.29) is 5.69 Å². The van der Waals surface area contributed by atoms with Crippen molar-refractivity contribution in [3.63, 3.8) is 0 Å². The van der Waals surface area contributed by atoms with Gasteiger partial charge in [-0.25, -0.2) is 9.78 Å². The number of para-hydroxylation sites is 1. The summed E-state index contributed by atoms with van der Waals surface area (Å²) in [4.78, 5) is 28.8. The zero-order valence-electron chi connectivity index (χ0n) is 14.7. The van der Waals surface area contributed by atoms with Crippen molar-refractivity contribution in [3.05, 3.63) is 70.2 Å². The lowest BCUT2D eigenvalue weighted by molar-refractivity contribution is -0.123. The number of hydrogen-bond donors (Lipinski definition) is 1. The van der Waals surface area contributed by atoms with Crippen LogP contribution in [0.3, 0.4) is 0 Å². The number of aromatic nitrogens is 1. The fourth-order valence-electron chi connectivity index (χ4n) is 2.32. The molecule has 1 atom stereocenters. The molecule has 1 heterocycles. The van der Waals surface area contributed by atoms with Gasteiger partial charge in [0, 0.05) is 16.0 Å². The first-order valence-corrected chi connectivity index (χ1v) is 9.46. The van der Waals surface area contributed by atoms with Crippen LogP contribution in [0, 0.1) is 11.3 Å². The molecule has 1 aromatic heterocycles. The third-order valence-corrected chi connectivity index (χ3v) is 4.87. The molecule has 3 rings (SSSR count). The summed E-state index contributed by atoms with van der Waals surface area (Å²) in [5.41, 5.74) is 1.57. The van der Waals surface area contributed by atoms with Crippen LogP contribution < -0.4 is 5.32 Å². The van der Waals surface area contributed by atoms with Gasteiger partial charge in [-0.05, 0) is 31.2 Å². The van der Waals surface area contributed by atoms with E-state index < -0.39 is 18.0 Å². The summed E-state index contributed by atoms with van der Waals surface area (Å²) in [6.45, 7) is 1.45. The van der Waals surface area contributed by atoms with Crippen molar-refractivity contribution in [1.82, 2.24) is 4.98 Å². The van der Waals surface area contributed by atoms with Crippen LogP contribution in [0.15, 0.2) is 53.9 Å². The number of ether oxygens (including phenoxy) is 1. The number of nitriles is 1. The lowest BCUT2D eigenvalue weighted by atomic mass is 10.2. The standard InChI is InChI=1S/C20H14ClN3O3S/c1-12(18(25)23-16-8-3-2-5-14(16)10-22)27-20(26)17-11-28-19(24-17)13-6-4-7-15(21)9-13/h2-9,11-12H,1H3,(H,23,25). The van der Waals surface area contributed by atoms with E-state index in [1.165, 1.54) is 18.3 Å². The van der Waals surface area contributed by atoms with Crippen LogP contribution in [-0.4, -0.2) is 23.0 Å². The highest BCUT2D eigenvalue weighted by Gasteiger charge is 2.22. The molecule has 0 aliphatic heterocycles. The largest absolute Gasteiger partial charge is 0.448 e. The molecule has 0 aliphatic carbocycles. The summed E-state index contributed by atoms with van der Waals surface area (Å²) in [5, 5.41) is 14.4. The Morgan fingerprint density at radius 3 is 2.79 bits per heavy atom. The number of benzene rings is 2. The molecule has 0 aliphatic rings. The van der Waals surface area contributed by atoms with Crippen molar-refractivity contribution in [2.75, 3.05) is 5.32 Å². The molecule has 0 spiro atoms. The second-order valence-corrected chi connectivity index (χ2v) is 7.04. The first kappa shape index (κ1) is 19.5. The molecule has 1 unspecified atom stereocenters. The average molecular weight is 412 g/mol. The molecule has 140 valence electrons. The van der Waals surface area contributed by atoms with Crippen molar-refractivity contribution >= 4 is 40.5 Å². The third-order valence-electron chi connectivity index (χ3n) is 3.74. The monoisotopic (exact) mass is 411 g/mol. The third kappa shape index (κ3) is 4.55. The fraction of sp³-hybridized carbons (Fsp3) is 0.100. The second-order valence-electron chi connectivity index (χ2n) is 5.74. The molecule has 0 radical (unpaired) electrons. The van der Waals surface area contributed by atoms with Crippen molar-refractivity contribution in [3.8, 4) is 16.6 Å². The number of carbonyl (C=O) groups excluding carboxylic acids is 2. The van der Waals surface area contributed by atoms with Gasteiger partial charge in [-0.2, -0.15) is 5.26 Å². The Balaban J connectivity index is 1.66. The minimum absolute atomic E-state index is 0.108. The molecule has 1 N–H and O–H groups in total. The average Bonchev–Trinajstić information content (AvgIpc) is 3.19. The van der Waals surface area contributed by atoms with Crippen LogP contribution >= 0.6 is 22.9 Å². The van der Waals surface area contributed by atoms with Gasteiger partial charge in [-0.1, -0.05) is 35.9 Å². The van der Waals surface area contributed by atoms with Crippen molar-refractivity contribution in [2.45, 2.75) is 13.0 Å². The Labute approximate surface area is 170 Å². The maximum atomic E-state index is 12.3. The molecule has 1 amide bonds. The Kier molecular flexibility index (Phi) is 6.04. The normalized spacial score (nSPS) is 11.3. The number of carbonyl (C=O) groups is 2. The van der Waals surface area contributed by atoms with Gasteiger partial charge >= 0.3 is 5.97 Å². The predicted octanol–water partition coefficient (Wildman–Crippen LogP) is 4.52. The Morgan fingerprint density at radius 2 is 2.04 bits per heavy atom. The predicted molar refractivity (Wildman–Crippen MR) is 107 cm³/mol. The van der Waals surface area contributed by atoms with E-state index in [4.69, 9.17) is 21.6 Å². The Hall–Kier alpha value is -3.21. The summed E-state index contributed by atoms with van der Waals surface area (Å²) in [5.74, 6) is -1.25. The molecule has 6 nitrogen and oxygen atoms in total. The highest BCUT2D eigenvalue weighted by molar-refractivity contribution is 7.13. The van der Waals surface area contributed by atoms with Crippen LogP contribution in [0.25, 0.3) is 10.6 Å². The van der Waals surface area contributed by atoms with Crippen LogP contribution in [0.2, 0.25) is 5.02 Å². The van der Waals surface area contributed by atoms with Crippen LogP contribution in [0.5, 0.6) is 0 Å². The molecule has 3 aromatic rings. The Bertz CT molecular complexity index is 1070.